The van der Waals surface area contributed by atoms with E-state index < -0.39 is 65.9 Å². The topological polar surface area (TPSA) is 54.8 Å². The monoisotopic (exact) mass is 755 g/mol. The minimum Gasteiger partial charge on any atom is -0.383 e. The quantitative estimate of drug-likeness (QED) is 0.0943. The second-order valence-corrected chi connectivity index (χ2v) is 13.6. The lowest BCUT2D eigenvalue weighted by Crippen LogP contribution is -2.48. The Morgan fingerprint density at radius 2 is 1.68 bits per heavy atom. The molecule has 6 nitrogen and oxygen atoms in total. The maximum absolute atomic E-state index is 14.8. The van der Waals surface area contributed by atoms with Crippen LogP contribution in [0.4, 0.5) is 22.0 Å². The van der Waals surface area contributed by atoms with Crippen LogP contribution in [0.25, 0.3) is 22.0 Å². The highest BCUT2D eigenvalue weighted by atomic mass is 32.2. The number of pyridine rings is 1. The van der Waals surface area contributed by atoms with Crippen molar-refractivity contribution in [3.63, 3.8) is 0 Å². The number of ether oxygens (including phenoxy) is 1. The van der Waals surface area contributed by atoms with E-state index >= 15 is 0 Å². The summed E-state index contributed by atoms with van der Waals surface area (Å²) in [5.41, 5.74) is -0.177. The molecule has 1 aliphatic heterocycles. The molecular weight excluding hydrogens is 710 g/mol. The Morgan fingerprint density at radius 3 is 2.34 bits per heavy atom. The summed E-state index contributed by atoms with van der Waals surface area (Å²) in [5.74, 6) is -3.05. The first-order valence-electron chi connectivity index (χ1n) is 19.8. The predicted molar refractivity (Wildman–Crippen MR) is 198 cm³/mol. The molecule has 5 aromatic rings. The highest BCUT2D eigenvalue weighted by Crippen LogP contribution is 2.32. The number of rotatable bonds is 12. The fourth-order valence-electron chi connectivity index (χ4n) is 6.25. The van der Waals surface area contributed by atoms with Crippen LogP contribution in [-0.4, -0.2) is 59.6 Å². The molecule has 1 amide bonds. The lowest BCUT2D eigenvalue weighted by molar-refractivity contribution is -0.137. The van der Waals surface area contributed by atoms with Gasteiger partial charge in [0.15, 0.2) is 17.1 Å². The van der Waals surface area contributed by atoms with Crippen molar-refractivity contribution in [3.05, 3.63) is 135 Å². The molecule has 0 bridgehead atoms. The Hall–Kier alpha value is -4.52. The Balaban J connectivity index is 1.40. The van der Waals surface area contributed by atoms with Crippen molar-refractivity contribution < 1.29 is 39.7 Å². The Morgan fingerprint density at radius 1 is 1.00 bits per heavy atom. The maximum Gasteiger partial charge on any atom is 0.416 e. The average Bonchev–Trinajstić information content (AvgIpc) is 3.20. The smallest absolute Gasteiger partial charge is 0.383 e. The summed E-state index contributed by atoms with van der Waals surface area (Å²) in [7, 11) is 1.40. The second-order valence-electron chi connectivity index (χ2n) is 12.7. The molecular formula is C41H40F5N3O3S. The first-order valence-corrected chi connectivity index (χ1v) is 17.8. The van der Waals surface area contributed by atoms with Crippen molar-refractivity contribution >= 4 is 28.6 Å². The number of methoxy groups -OCH3 is 1. The molecule has 0 radical (unpaired) electrons. The molecule has 0 spiro atoms. The van der Waals surface area contributed by atoms with Crippen molar-refractivity contribution in [3.8, 4) is 11.1 Å². The van der Waals surface area contributed by atoms with Gasteiger partial charge in [-0.3, -0.25) is 9.59 Å². The van der Waals surface area contributed by atoms with Crippen molar-refractivity contribution in [1.82, 2.24) is 14.4 Å². The van der Waals surface area contributed by atoms with Gasteiger partial charge in [-0.25, -0.2) is 8.78 Å². The van der Waals surface area contributed by atoms with Gasteiger partial charge in [-0.1, -0.05) is 60.1 Å². The summed E-state index contributed by atoms with van der Waals surface area (Å²) in [6, 6.07) is 12.9. The number of alkyl halides is 3. The zero-order valence-corrected chi connectivity index (χ0v) is 29.8. The molecule has 0 atom stereocenters. The molecule has 2 heterocycles. The minimum atomic E-state index is -4.49. The van der Waals surface area contributed by atoms with E-state index in [1.165, 1.54) is 42.9 Å². The van der Waals surface area contributed by atoms with Gasteiger partial charge in [0.2, 0.25) is 5.91 Å². The van der Waals surface area contributed by atoms with Crippen molar-refractivity contribution in [2.75, 3.05) is 33.3 Å². The number of halogens is 5. The number of benzene rings is 4. The van der Waals surface area contributed by atoms with Crippen LogP contribution in [0.2, 0.25) is 0 Å². The normalized spacial score (nSPS) is 16.1. The molecule has 1 saturated heterocycles. The number of hydrogen-bond donors (Lipinski definition) is 0. The molecule has 53 heavy (non-hydrogen) atoms. The Bertz CT molecular complexity index is 2430. The van der Waals surface area contributed by atoms with E-state index in [0.717, 1.165) is 30.0 Å². The number of nitrogens with zero attached hydrogens (tertiary/aromatic N) is 3. The predicted octanol–water partition coefficient (Wildman–Crippen LogP) is 8.71. The van der Waals surface area contributed by atoms with Gasteiger partial charge < -0.3 is 19.1 Å². The van der Waals surface area contributed by atoms with Gasteiger partial charge in [0.25, 0.3) is 0 Å². The van der Waals surface area contributed by atoms with E-state index in [4.69, 9.17) is 13.0 Å². The third kappa shape index (κ3) is 9.17. The van der Waals surface area contributed by atoms with Gasteiger partial charge in [-0.15, -0.1) is 11.8 Å². The van der Waals surface area contributed by atoms with E-state index in [1.54, 1.807) is 34.1 Å². The van der Waals surface area contributed by atoms with Crippen LogP contribution < -0.4 is 5.43 Å². The maximum atomic E-state index is 14.8. The van der Waals surface area contributed by atoms with Gasteiger partial charge in [-0.2, -0.15) is 13.2 Å². The van der Waals surface area contributed by atoms with Gasteiger partial charge in [0, 0.05) is 64.8 Å². The first-order chi connectivity index (χ1) is 27.8. The Labute approximate surface area is 317 Å². The SMILES string of the molecule is [2H]c1c(C)c([2H])c2c(=O)c([2H])c(SCc3cccc(F)c3F)n(CC(=O)N(Cc3ccc(-c4ccc(C(F)(F)F)cc4)cc3)C3CCN(C([2H])([2H])COC)CC3)c2c1[2H]. The summed E-state index contributed by atoms with van der Waals surface area (Å²) in [6.45, 7) is -0.594. The average molecular weight is 756 g/mol. The number of carbonyl (C=O) groups is 1. The number of likely N-dealkylation sites (tertiary alicyclic amines) is 1. The fraction of sp³-hybridized carbons (Fsp3) is 0.317. The molecule has 0 saturated carbocycles. The minimum absolute atomic E-state index is 0.0187. The molecule has 1 aliphatic rings. The van der Waals surface area contributed by atoms with Crippen LogP contribution >= 0.6 is 11.8 Å². The first kappa shape index (κ1) is 30.9. The van der Waals surface area contributed by atoms with Gasteiger partial charge in [0.1, 0.15) is 6.54 Å². The Kier molecular flexibility index (Phi) is 9.71. The number of thioether (sulfide) groups is 1. The van der Waals surface area contributed by atoms with E-state index in [-0.39, 0.29) is 71.1 Å². The van der Waals surface area contributed by atoms with Crippen LogP contribution in [0.15, 0.2) is 101 Å². The van der Waals surface area contributed by atoms with E-state index in [0.29, 0.717) is 29.5 Å². The molecule has 4 aromatic carbocycles. The molecule has 1 aromatic heterocycles. The highest BCUT2D eigenvalue weighted by Gasteiger charge is 2.31. The van der Waals surface area contributed by atoms with E-state index in [9.17, 15) is 31.5 Å². The number of hydrogen-bond acceptors (Lipinski definition) is 5. The van der Waals surface area contributed by atoms with Crippen LogP contribution in [0.1, 0.15) is 43.3 Å². The standard InChI is InChI=1S/C41H40F5N3O3S/c1-27-6-15-36-34(22-27)37(50)23-39(53-26-31-4-3-5-35(42)40(31)43)49(36)25-38(51)48(33-16-18-47(19-17-33)20-21-52-2)24-28-7-9-29(10-8-28)30-11-13-32(14-12-30)41(44,45)46/h3-15,22-23,33H,16-21,24-26H2,1-2H3/i6D,15D,20D2,22D,23D. The number of carbonyl (C=O) groups excluding carboxylic acids is 1. The van der Waals surface area contributed by atoms with Gasteiger partial charge in [-0.05, 0) is 66.7 Å². The summed E-state index contributed by atoms with van der Waals surface area (Å²) >= 11 is 0.775. The second kappa shape index (κ2) is 16.7. The summed E-state index contributed by atoms with van der Waals surface area (Å²) < 4.78 is 127. The lowest BCUT2D eigenvalue weighted by atomic mass is 10.00. The number of aromatic nitrogens is 1. The van der Waals surface area contributed by atoms with Crippen molar-refractivity contribution in [2.24, 2.45) is 0 Å². The van der Waals surface area contributed by atoms with Gasteiger partial charge >= 0.3 is 6.18 Å². The van der Waals surface area contributed by atoms with Gasteiger partial charge in [0.05, 0.1) is 28.2 Å². The molecule has 12 heteroatoms. The number of amides is 1. The van der Waals surface area contributed by atoms with Crippen molar-refractivity contribution in [2.45, 2.75) is 55.9 Å². The van der Waals surface area contributed by atoms with Crippen LogP contribution in [0.5, 0.6) is 0 Å². The molecule has 0 unspecified atom stereocenters. The summed E-state index contributed by atoms with van der Waals surface area (Å²) in [5, 5.41) is -0.485. The third-order valence-electron chi connectivity index (χ3n) is 9.08. The number of piperidine rings is 1. The zero-order valence-electron chi connectivity index (χ0n) is 34.9. The van der Waals surface area contributed by atoms with Crippen LogP contribution in [-0.2, 0) is 34.6 Å². The third-order valence-corrected chi connectivity index (χ3v) is 10.1. The molecule has 1 fully saturated rings. The van der Waals surface area contributed by atoms with Crippen molar-refractivity contribution in [1.29, 1.82) is 0 Å². The summed E-state index contributed by atoms with van der Waals surface area (Å²) in [6.07, 6.45) is -3.81. The van der Waals surface area contributed by atoms with Crippen LogP contribution in [0, 0.1) is 18.6 Å². The van der Waals surface area contributed by atoms with E-state index in [2.05, 4.69) is 0 Å². The number of fused-ring (bicyclic) bond motifs is 1. The van der Waals surface area contributed by atoms with Crippen LogP contribution in [0.3, 0.4) is 0 Å². The molecule has 0 aliphatic carbocycles. The molecule has 6 rings (SSSR count). The zero-order chi connectivity index (χ0) is 43.0. The fourth-order valence-corrected chi connectivity index (χ4v) is 7.24. The largest absolute Gasteiger partial charge is 0.416 e. The summed E-state index contributed by atoms with van der Waals surface area (Å²) in [4.78, 5) is 31.7. The molecule has 278 valence electrons. The van der Waals surface area contributed by atoms with E-state index in [1.807, 2.05) is 0 Å². The lowest BCUT2D eigenvalue weighted by Gasteiger charge is -2.39. The highest BCUT2D eigenvalue weighted by molar-refractivity contribution is 7.98. The molecule has 0 N–H and O–H groups in total.